The molecular weight excluding hydrogens is 324 g/mol. The molecule has 2 aromatic heterocycles. The lowest BCUT2D eigenvalue weighted by Gasteiger charge is -2.10. The van der Waals surface area contributed by atoms with Crippen molar-refractivity contribution in [3.8, 4) is 5.75 Å². The summed E-state index contributed by atoms with van der Waals surface area (Å²) >= 11 is 0. The zero-order chi connectivity index (χ0) is 17.8. The predicted molar refractivity (Wildman–Crippen MR) is 89.6 cm³/mol. The van der Waals surface area contributed by atoms with Gasteiger partial charge < -0.3 is 14.8 Å². The molecule has 8 heteroatoms. The average molecular weight is 340 g/mol. The van der Waals surface area contributed by atoms with Crippen molar-refractivity contribution in [2.75, 3.05) is 19.0 Å². The number of benzene rings is 1. The zero-order valence-electron chi connectivity index (χ0n) is 13.7. The third kappa shape index (κ3) is 3.42. The van der Waals surface area contributed by atoms with Crippen LogP contribution >= 0.6 is 0 Å². The average Bonchev–Trinajstić information content (AvgIpc) is 2.96. The summed E-state index contributed by atoms with van der Waals surface area (Å²) in [5.41, 5.74) is 1.61. The van der Waals surface area contributed by atoms with Crippen LogP contribution in [0.3, 0.4) is 0 Å². The van der Waals surface area contributed by atoms with Gasteiger partial charge in [-0.25, -0.2) is 14.3 Å². The molecule has 3 aromatic rings. The van der Waals surface area contributed by atoms with Crippen LogP contribution in [0.15, 0.2) is 42.7 Å². The van der Waals surface area contributed by atoms with E-state index < -0.39 is 18.5 Å². The third-order valence-electron chi connectivity index (χ3n) is 3.49. The van der Waals surface area contributed by atoms with Gasteiger partial charge in [-0.2, -0.15) is 5.10 Å². The second-order valence-electron chi connectivity index (χ2n) is 5.17. The summed E-state index contributed by atoms with van der Waals surface area (Å²) in [7, 11) is 1.51. The molecule has 128 valence electrons. The van der Waals surface area contributed by atoms with Crippen LogP contribution in [0, 0.1) is 6.92 Å². The van der Waals surface area contributed by atoms with Crippen LogP contribution in [-0.4, -0.2) is 40.2 Å². The first kappa shape index (κ1) is 16.4. The molecule has 1 N–H and O–H groups in total. The highest BCUT2D eigenvalue weighted by atomic mass is 16.5. The molecule has 8 nitrogen and oxygen atoms in total. The number of nitrogens with one attached hydrogen (secondary N) is 1. The van der Waals surface area contributed by atoms with Crippen LogP contribution in [-0.2, 0) is 9.53 Å². The maximum Gasteiger partial charge on any atom is 0.344 e. The Morgan fingerprint density at radius 1 is 1.24 bits per heavy atom. The number of aryl methyl sites for hydroxylation is 1. The first-order valence-corrected chi connectivity index (χ1v) is 7.50. The van der Waals surface area contributed by atoms with E-state index in [-0.39, 0.29) is 5.56 Å². The van der Waals surface area contributed by atoms with Gasteiger partial charge in [-0.15, -0.1) is 0 Å². The summed E-state index contributed by atoms with van der Waals surface area (Å²) in [5.74, 6) is -0.605. The highest BCUT2D eigenvalue weighted by Gasteiger charge is 2.20. The number of carbonyl (C=O) groups is 2. The second-order valence-corrected chi connectivity index (χ2v) is 5.17. The fourth-order valence-corrected chi connectivity index (χ4v) is 2.37. The van der Waals surface area contributed by atoms with Crippen molar-refractivity contribution in [1.82, 2.24) is 14.6 Å². The van der Waals surface area contributed by atoms with Crippen molar-refractivity contribution < 1.29 is 19.1 Å². The number of ether oxygens (including phenoxy) is 2. The Hall–Kier alpha value is -3.42. The lowest BCUT2D eigenvalue weighted by atomic mass is 10.2. The number of fused-ring (bicyclic) bond motifs is 1. The number of hydrogen-bond acceptors (Lipinski definition) is 6. The molecule has 0 atom stereocenters. The van der Waals surface area contributed by atoms with E-state index in [1.165, 1.54) is 11.6 Å². The van der Waals surface area contributed by atoms with Crippen molar-refractivity contribution in [1.29, 1.82) is 0 Å². The normalized spacial score (nSPS) is 10.5. The molecule has 3 rings (SSSR count). The van der Waals surface area contributed by atoms with Crippen LogP contribution in [0.25, 0.3) is 5.65 Å². The van der Waals surface area contributed by atoms with Crippen molar-refractivity contribution in [3.05, 3.63) is 54.0 Å². The van der Waals surface area contributed by atoms with E-state index in [1.807, 2.05) is 0 Å². The molecule has 0 fully saturated rings. The first-order valence-electron chi connectivity index (χ1n) is 7.50. The quantitative estimate of drug-likeness (QED) is 0.712. The van der Waals surface area contributed by atoms with Crippen LogP contribution in [0.4, 0.5) is 5.69 Å². The van der Waals surface area contributed by atoms with Gasteiger partial charge in [0, 0.05) is 12.4 Å². The highest BCUT2D eigenvalue weighted by molar-refractivity contribution is 5.99. The van der Waals surface area contributed by atoms with E-state index in [9.17, 15) is 9.59 Å². The minimum atomic E-state index is -0.652. The van der Waals surface area contributed by atoms with Gasteiger partial charge in [-0.05, 0) is 25.1 Å². The van der Waals surface area contributed by atoms with Gasteiger partial charge in [0.25, 0.3) is 5.91 Å². The van der Waals surface area contributed by atoms with E-state index in [2.05, 4.69) is 15.4 Å². The summed E-state index contributed by atoms with van der Waals surface area (Å²) in [6.45, 7) is 1.25. The van der Waals surface area contributed by atoms with Gasteiger partial charge in [-0.3, -0.25) is 4.79 Å². The first-order chi connectivity index (χ1) is 12.1. The van der Waals surface area contributed by atoms with Gasteiger partial charge in [0.15, 0.2) is 12.3 Å². The van der Waals surface area contributed by atoms with Crippen LogP contribution in [0.2, 0.25) is 0 Å². The minimum Gasteiger partial charge on any atom is -0.495 e. The summed E-state index contributed by atoms with van der Waals surface area (Å²) in [4.78, 5) is 28.4. The molecule has 0 unspecified atom stereocenters. The highest BCUT2D eigenvalue weighted by Crippen LogP contribution is 2.22. The van der Waals surface area contributed by atoms with Gasteiger partial charge in [0.05, 0.1) is 18.5 Å². The number of esters is 1. The molecule has 0 bridgehead atoms. The topological polar surface area (TPSA) is 94.8 Å². The van der Waals surface area contributed by atoms with E-state index in [0.29, 0.717) is 22.8 Å². The van der Waals surface area contributed by atoms with Crippen molar-refractivity contribution in [2.45, 2.75) is 6.92 Å². The van der Waals surface area contributed by atoms with Gasteiger partial charge in [0.2, 0.25) is 0 Å². The van der Waals surface area contributed by atoms with Crippen molar-refractivity contribution >= 4 is 23.2 Å². The molecule has 0 aliphatic carbocycles. The molecule has 0 saturated heterocycles. The molecule has 0 radical (unpaired) electrons. The standard InChI is InChI=1S/C17H16N4O4/c1-11-15(16-18-8-5-9-21(16)20-11)17(23)25-10-14(22)19-12-6-3-4-7-13(12)24-2/h3-9H,10H2,1-2H3,(H,19,22). The van der Waals surface area contributed by atoms with Crippen LogP contribution in [0.5, 0.6) is 5.75 Å². The van der Waals surface area contributed by atoms with E-state index in [0.717, 1.165) is 0 Å². The second kappa shape index (κ2) is 7.00. The summed E-state index contributed by atoms with van der Waals surface area (Å²) in [6, 6.07) is 8.66. The largest absolute Gasteiger partial charge is 0.495 e. The molecule has 2 heterocycles. The van der Waals surface area contributed by atoms with Crippen LogP contribution in [0.1, 0.15) is 16.1 Å². The number of rotatable bonds is 5. The Morgan fingerprint density at radius 3 is 2.84 bits per heavy atom. The lowest BCUT2D eigenvalue weighted by molar-refractivity contribution is -0.119. The number of anilines is 1. The predicted octanol–water partition coefficient (Wildman–Crippen LogP) is 1.84. The fraction of sp³-hybridized carbons (Fsp3) is 0.176. The molecule has 25 heavy (non-hydrogen) atoms. The summed E-state index contributed by atoms with van der Waals surface area (Å²) < 4.78 is 11.7. The number of nitrogens with zero attached hydrogens (tertiary/aromatic N) is 3. The molecule has 1 amide bonds. The van der Waals surface area contributed by atoms with E-state index >= 15 is 0 Å². The van der Waals surface area contributed by atoms with E-state index in [1.54, 1.807) is 49.6 Å². The minimum absolute atomic E-state index is 0.241. The molecule has 0 saturated carbocycles. The summed E-state index contributed by atoms with van der Waals surface area (Å²) in [5, 5.41) is 6.82. The molecule has 0 aliphatic rings. The number of para-hydroxylation sites is 2. The SMILES string of the molecule is COc1ccccc1NC(=O)COC(=O)c1c(C)nn2cccnc12. The summed E-state index contributed by atoms with van der Waals surface area (Å²) in [6.07, 6.45) is 3.24. The number of carbonyl (C=O) groups excluding carboxylic acids is 2. The fourth-order valence-electron chi connectivity index (χ4n) is 2.37. The smallest absolute Gasteiger partial charge is 0.344 e. The molecule has 1 aromatic carbocycles. The zero-order valence-corrected chi connectivity index (χ0v) is 13.7. The van der Waals surface area contributed by atoms with Gasteiger partial charge >= 0.3 is 5.97 Å². The Kier molecular flexibility index (Phi) is 4.60. The van der Waals surface area contributed by atoms with E-state index in [4.69, 9.17) is 9.47 Å². The number of amides is 1. The maximum atomic E-state index is 12.3. The van der Waals surface area contributed by atoms with Gasteiger partial charge in [-0.1, -0.05) is 12.1 Å². The number of methoxy groups -OCH3 is 1. The monoisotopic (exact) mass is 340 g/mol. The van der Waals surface area contributed by atoms with Crippen molar-refractivity contribution in [2.24, 2.45) is 0 Å². The Labute approximate surface area is 143 Å². The lowest BCUT2D eigenvalue weighted by Crippen LogP contribution is -2.21. The Bertz CT molecular complexity index is 935. The maximum absolute atomic E-state index is 12.3. The molecule has 0 spiro atoms. The van der Waals surface area contributed by atoms with Gasteiger partial charge in [0.1, 0.15) is 11.3 Å². The Morgan fingerprint density at radius 2 is 2.04 bits per heavy atom. The molecule has 0 aliphatic heterocycles. The third-order valence-corrected chi connectivity index (χ3v) is 3.49. The van der Waals surface area contributed by atoms with Crippen molar-refractivity contribution in [3.63, 3.8) is 0 Å². The number of aromatic nitrogens is 3. The van der Waals surface area contributed by atoms with Crippen LogP contribution < -0.4 is 10.1 Å². The number of hydrogen-bond donors (Lipinski definition) is 1. The Balaban J connectivity index is 1.67. The molecular formula is C17H16N4O4.